The summed E-state index contributed by atoms with van der Waals surface area (Å²) in [6.45, 7) is 3.46. The molecule has 0 aliphatic carbocycles. The highest BCUT2D eigenvalue weighted by Gasteiger charge is 2.07. The average Bonchev–Trinajstić information content (AvgIpc) is 1.86. The fourth-order valence-electron chi connectivity index (χ4n) is 0.461. The van der Waals surface area contributed by atoms with Crippen molar-refractivity contribution in [2.24, 2.45) is 5.92 Å². The van der Waals surface area contributed by atoms with E-state index in [9.17, 15) is 0 Å². The van der Waals surface area contributed by atoms with Gasteiger partial charge in [0.25, 0.3) is 0 Å². The molecule has 0 aromatic heterocycles. The van der Waals surface area contributed by atoms with Crippen LogP contribution < -0.4 is 4.72 Å². The Balaban J connectivity index is 2.18. The molecule has 1 rings (SSSR count). The van der Waals surface area contributed by atoms with Crippen LogP contribution in [-0.4, -0.2) is 12.3 Å². The summed E-state index contributed by atoms with van der Waals surface area (Å²) in [4.78, 5) is 0. The van der Waals surface area contributed by atoms with Crippen LogP contribution in [0.25, 0.3) is 0 Å². The maximum Gasteiger partial charge on any atom is 0.0117 e. The second kappa shape index (κ2) is 1.85. The molecular formula is C4H9NS. The Morgan fingerprint density at radius 1 is 1.83 bits per heavy atom. The molecular weight excluding hydrogens is 94.1 g/mol. The first kappa shape index (κ1) is 4.47. The summed E-state index contributed by atoms with van der Waals surface area (Å²) in [6, 6.07) is 0. The highest BCUT2D eigenvalue weighted by molar-refractivity contribution is 7.97. The zero-order chi connectivity index (χ0) is 4.41. The maximum atomic E-state index is 3.19. The Kier molecular flexibility index (Phi) is 1.37. The van der Waals surface area contributed by atoms with E-state index in [4.69, 9.17) is 0 Å². The molecule has 0 aromatic carbocycles. The summed E-state index contributed by atoms with van der Waals surface area (Å²) in [5.41, 5.74) is 0. The minimum Gasteiger partial charge on any atom is -0.264 e. The van der Waals surface area contributed by atoms with Gasteiger partial charge in [0.15, 0.2) is 0 Å². The zero-order valence-corrected chi connectivity index (χ0v) is 4.72. The van der Waals surface area contributed by atoms with Crippen molar-refractivity contribution in [1.29, 1.82) is 0 Å². The molecule has 1 aliphatic heterocycles. The Labute approximate surface area is 42.6 Å². The molecule has 0 unspecified atom stereocenters. The van der Waals surface area contributed by atoms with Crippen LogP contribution in [0.3, 0.4) is 0 Å². The van der Waals surface area contributed by atoms with E-state index in [0.29, 0.717) is 0 Å². The molecule has 0 aromatic rings. The standard InChI is InChI=1S/C4H9NS/c1-4-2-5-6-3-4/h4-5H,2-3H2,1H3/t4-/m0/s1. The molecule has 1 aliphatic rings. The minimum absolute atomic E-state index is 0.898. The van der Waals surface area contributed by atoms with Crippen LogP contribution in [0.5, 0.6) is 0 Å². The summed E-state index contributed by atoms with van der Waals surface area (Å²) in [5.74, 6) is 2.19. The van der Waals surface area contributed by atoms with Gasteiger partial charge in [-0.15, -0.1) is 0 Å². The number of hydrogen-bond donors (Lipinski definition) is 1. The number of nitrogens with one attached hydrogen (secondary N) is 1. The summed E-state index contributed by atoms with van der Waals surface area (Å²) >= 11 is 1.83. The quantitative estimate of drug-likeness (QED) is 0.457. The van der Waals surface area contributed by atoms with Crippen LogP contribution in [-0.2, 0) is 0 Å². The summed E-state index contributed by atoms with van der Waals surface area (Å²) in [7, 11) is 0. The van der Waals surface area contributed by atoms with Crippen LogP contribution in [0.1, 0.15) is 6.92 Å². The van der Waals surface area contributed by atoms with E-state index in [0.717, 1.165) is 5.92 Å². The molecule has 0 radical (unpaired) electrons. The van der Waals surface area contributed by atoms with Gasteiger partial charge in [0, 0.05) is 12.3 Å². The van der Waals surface area contributed by atoms with Crippen molar-refractivity contribution in [3.8, 4) is 0 Å². The van der Waals surface area contributed by atoms with Crippen LogP contribution in [0, 0.1) is 5.92 Å². The third-order valence-corrected chi connectivity index (χ3v) is 2.01. The topological polar surface area (TPSA) is 12.0 Å². The number of rotatable bonds is 0. The summed E-state index contributed by atoms with van der Waals surface area (Å²) in [6.07, 6.45) is 0. The van der Waals surface area contributed by atoms with Gasteiger partial charge in [-0.1, -0.05) is 18.9 Å². The monoisotopic (exact) mass is 103 g/mol. The molecule has 1 heterocycles. The summed E-state index contributed by atoms with van der Waals surface area (Å²) in [5, 5.41) is 0. The maximum absolute atomic E-state index is 3.19. The molecule has 0 saturated carbocycles. The normalized spacial score (nSPS) is 34.5. The van der Waals surface area contributed by atoms with Crippen molar-refractivity contribution >= 4 is 11.9 Å². The molecule has 0 bridgehead atoms. The van der Waals surface area contributed by atoms with Crippen molar-refractivity contribution in [1.82, 2.24) is 4.72 Å². The van der Waals surface area contributed by atoms with Crippen LogP contribution in [0.15, 0.2) is 0 Å². The first-order valence-corrected chi connectivity index (χ1v) is 3.23. The molecule has 1 fully saturated rings. The predicted molar refractivity (Wildman–Crippen MR) is 29.6 cm³/mol. The molecule has 0 amide bonds. The molecule has 1 saturated heterocycles. The Morgan fingerprint density at radius 2 is 2.67 bits per heavy atom. The highest BCUT2D eigenvalue weighted by Crippen LogP contribution is 2.10. The predicted octanol–water partition coefficient (Wildman–Crippen LogP) is 0.874. The largest absolute Gasteiger partial charge is 0.264 e. The van der Waals surface area contributed by atoms with Crippen molar-refractivity contribution in [2.45, 2.75) is 6.92 Å². The molecule has 1 N–H and O–H groups in total. The first-order chi connectivity index (χ1) is 2.89. The van der Waals surface area contributed by atoms with Crippen LogP contribution in [0.4, 0.5) is 0 Å². The lowest BCUT2D eigenvalue weighted by Crippen LogP contribution is -2.01. The SMILES string of the molecule is C[C@H]1CNSC1. The van der Waals surface area contributed by atoms with Gasteiger partial charge < -0.3 is 0 Å². The van der Waals surface area contributed by atoms with Crippen LogP contribution >= 0.6 is 11.9 Å². The summed E-state index contributed by atoms with van der Waals surface area (Å²) < 4.78 is 3.19. The van der Waals surface area contributed by atoms with E-state index in [-0.39, 0.29) is 0 Å². The third-order valence-electron chi connectivity index (χ3n) is 0.902. The molecule has 0 spiro atoms. The van der Waals surface area contributed by atoms with Crippen molar-refractivity contribution in [2.75, 3.05) is 12.3 Å². The molecule has 1 nitrogen and oxygen atoms in total. The lowest BCUT2D eigenvalue weighted by atomic mass is 10.2. The van der Waals surface area contributed by atoms with Gasteiger partial charge in [-0.05, 0) is 5.92 Å². The van der Waals surface area contributed by atoms with Gasteiger partial charge in [-0.25, -0.2) is 0 Å². The van der Waals surface area contributed by atoms with Gasteiger partial charge in [0.2, 0.25) is 0 Å². The van der Waals surface area contributed by atoms with E-state index >= 15 is 0 Å². The lowest BCUT2D eigenvalue weighted by molar-refractivity contribution is 0.685. The Bertz CT molecular complexity index is 40.8. The van der Waals surface area contributed by atoms with E-state index in [2.05, 4.69) is 11.6 Å². The van der Waals surface area contributed by atoms with E-state index < -0.39 is 0 Å². The van der Waals surface area contributed by atoms with E-state index in [1.165, 1.54) is 12.3 Å². The molecule has 36 valence electrons. The fourth-order valence-corrected chi connectivity index (χ4v) is 1.38. The van der Waals surface area contributed by atoms with Crippen molar-refractivity contribution in [3.63, 3.8) is 0 Å². The molecule has 1 atom stereocenters. The zero-order valence-electron chi connectivity index (χ0n) is 3.90. The van der Waals surface area contributed by atoms with Crippen molar-refractivity contribution in [3.05, 3.63) is 0 Å². The minimum atomic E-state index is 0.898. The highest BCUT2D eigenvalue weighted by atomic mass is 32.2. The van der Waals surface area contributed by atoms with Gasteiger partial charge in [-0.2, -0.15) is 0 Å². The lowest BCUT2D eigenvalue weighted by Gasteiger charge is -1.88. The van der Waals surface area contributed by atoms with Gasteiger partial charge in [0.1, 0.15) is 0 Å². The third kappa shape index (κ3) is 0.884. The van der Waals surface area contributed by atoms with E-state index in [1.807, 2.05) is 11.9 Å². The van der Waals surface area contributed by atoms with Crippen LogP contribution in [0.2, 0.25) is 0 Å². The Morgan fingerprint density at radius 3 is 2.83 bits per heavy atom. The van der Waals surface area contributed by atoms with Crippen molar-refractivity contribution < 1.29 is 0 Å². The average molecular weight is 103 g/mol. The van der Waals surface area contributed by atoms with Gasteiger partial charge in [0.05, 0.1) is 0 Å². The smallest absolute Gasteiger partial charge is 0.0117 e. The molecule has 6 heavy (non-hydrogen) atoms. The Hall–Kier alpha value is 0.310. The van der Waals surface area contributed by atoms with Gasteiger partial charge >= 0.3 is 0 Å². The second-order valence-corrected chi connectivity index (χ2v) is 2.68. The van der Waals surface area contributed by atoms with Gasteiger partial charge in [-0.3, -0.25) is 4.72 Å². The molecule has 2 heteroatoms. The van der Waals surface area contributed by atoms with E-state index in [1.54, 1.807) is 0 Å². The first-order valence-electron chi connectivity index (χ1n) is 2.24. The fraction of sp³-hybridized carbons (Fsp3) is 1.00. The second-order valence-electron chi connectivity index (χ2n) is 1.76. The number of hydrogen-bond acceptors (Lipinski definition) is 2.